The summed E-state index contributed by atoms with van der Waals surface area (Å²) < 4.78 is 29.4. The lowest BCUT2D eigenvalue weighted by Crippen LogP contribution is -1.98. The first-order chi connectivity index (χ1) is 7.65. The van der Waals surface area contributed by atoms with Gasteiger partial charge in [-0.3, -0.25) is 4.21 Å². The van der Waals surface area contributed by atoms with Crippen molar-refractivity contribution >= 4 is 10.8 Å². The highest BCUT2D eigenvalue weighted by molar-refractivity contribution is 7.84. The van der Waals surface area contributed by atoms with Crippen molar-refractivity contribution in [1.29, 1.82) is 0 Å². The molecule has 0 spiro atoms. The average molecular weight is 240 g/mol. The van der Waals surface area contributed by atoms with Gasteiger partial charge in [-0.25, -0.2) is 4.39 Å². The Kier molecular flexibility index (Phi) is 3.09. The van der Waals surface area contributed by atoms with Crippen molar-refractivity contribution in [2.75, 3.05) is 0 Å². The maximum atomic E-state index is 12.9. The van der Waals surface area contributed by atoms with E-state index in [1.807, 2.05) is 0 Å². The molecule has 2 aromatic rings. The van der Waals surface area contributed by atoms with Gasteiger partial charge in [-0.15, -0.1) is 0 Å². The summed E-state index contributed by atoms with van der Waals surface area (Å²) in [6, 6.07) is 5.67. The van der Waals surface area contributed by atoms with Crippen LogP contribution >= 0.6 is 0 Å². The summed E-state index contributed by atoms with van der Waals surface area (Å²) in [5.41, 5.74) is 0. The standard InChI is InChI=1S/C10H9FN2O2S/c1-7-12-10(13-15-7)6-16(14)9-4-2-3-8(11)5-9/h2-5H,6H2,1H3. The van der Waals surface area contributed by atoms with Gasteiger partial charge in [0.25, 0.3) is 0 Å². The Morgan fingerprint density at radius 1 is 1.50 bits per heavy atom. The highest BCUT2D eigenvalue weighted by Gasteiger charge is 2.10. The zero-order valence-corrected chi connectivity index (χ0v) is 9.33. The van der Waals surface area contributed by atoms with Crippen LogP contribution in [0.1, 0.15) is 11.7 Å². The van der Waals surface area contributed by atoms with Crippen LogP contribution in [0.25, 0.3) is 0 Å². The van der Waals surface area contributed by atoms with Crippen molar-refractivity contribution in [2.24, 2.45) is 0 Å². The Morgan fingerprint density at radius 3 is 2.94 bits per heavy atom. The van der Waals surface area contributed by atoms with Crippen LogP contribution in [0.5, 0.6) is 0 Å². The molecule has 0 bridgehead atoms. The van der Waals surface area contributed by atoms with Gasteiger partial charge in [-0.1, -0.05) is 11.2 Å². The third-order valence-electron chi connectivity index (χ3n) is 1.89. The zero-order chi connectivity index (χ0) is 11.5. The Hall–Kier alpha value is -1.56. The third kappa shape index (κ3) is 2.52. The molecule has 1 unspecified atom stereocenters. The van der Waals surface area contributed by atoms with Crippen molar-refractivity contribution in [1.82, 2.24) is 10.1 Å². The van der Waals surface area contributed by atoms with Gasteiger partial charge in [0.1, 0.15) is 5.82 Å². The van der Waals surface area contributed by atoms with Gasteiger partial charge in [0.05, 0.1) is 16.6 Å². The fourth-order valence-corrected chi connectivity index (χ4v) is 2.20. The summed E-state index contributed by atoms with van der Waals surface area (Å²) in [4.78, 5) is 4.35. The SMILES string of the molecule is Cc1nc(CS(=O)c2cccc(F)c2)no1. The van der Waals surface area contributed by atoms with E-state index >= 15 is 0 Å². The molecule has 1 atom stereocenters. The van der Waals surface area contributed by atoms with Gasteiger partial charge in [-0.05, 0) is 18.2 Å². The molecule has 0 saturated heterocycles. The Morgan fingerprint density at radius 2 is 2.31 bits per heavy atom. The molecule has 0 radical (unpaired) electrons. The van der Waals surface area contributed by atoms with Crippen LogP contribution in [0.4, 0.5) is 4.39 Å². The minimum absolute atomic E-state index is 0.126. The van der Waals surface area contributed by atoms with E-state index in [9.17, 15) is 8.60 Å². The van der Waals surface area contributed by atoms with E-state index in [4.69, 9.17) is 4.52 Å². The number of hydrogen-bond donors (Lipinski definition) is 0. The number of halogens is 1. The van der Waals surface area contributed by atoms with E-state index in [1.54, 1.807) is 13.0 Å². The fraction of sp³-hybridized carbons (Fsp3) is 0.200. The van der Waals surface area contributed by atoms with Crippen molar-refractivity contribution in [3.63, 3.8) is 0 Å². The van der Waals surface area contributed by atoms with Gasteiger partial charge < -0.3 is 4.52 Å². The first-order valence-electron chi connectivity index (χ1n) is 4.58. The van der Waals surface area contributed by atoms with Crippen molar-refractivity contribution in [2.45, 2.75) is 17.6 Å². The number of nitrogens with zero attached hydrogens (tertiary/aromatic N) is 2. The Balaban J connectivity index is 2.14. The lowest BCUT2D eigenvalue weighted by Gasteiger charge is -1.98. The highest BCUT2D eigenvalue weighted by Crippen LogP contribution is 2.12. The Labute approximate surface area is 93.9 Å². The van der Waals surface area contributed by atoms with Crippen LogP contribution in [0, 0.1) is 12.7 Å². The third-order valence-corrected chi connectivity index (χ3v) is 3.19. The van der Waals surface area contributed by atoms with Crippen LogP contribution in [-0.4, -0.2) is 14.3 Å². The van der Waals surface area contributed by atoms with E-state index in [-0.39, 0.29) is 5.75 Å². The van der Waals surface area contributed by atoms with Crippen LogP contribution < -0.4 is 0 Å². The maximum absolute atomic E-state index is 12.9. The summed E-state index contributed by atoms with van der Waals surface area (Å²) in [5, 5.41) is 3.63. The second-order valence-electron chi connectivity index (χ2n) is 3.18. The molecule has 6 heteroatoms. The van der Waals surface area contributed by atoms with E-state index in [0.717, 1.165) is 0 Å². The van der Waals surface area contributed by atoms with E-state index in [0.29, 0.717) is 16.6 Å². The second-order valence-corrected chi connectivity index (χ2v) is 4.63. The molecule has 0 aliphatic carbocycles. The number of rotatable bonds is 3. The summed E-state index contributed by atoms with van der Waals surface area (Å²) in [6.07, 6.45) is 0. The molecule has 1 aromatic heterocycles. The van der Waals surface area contributed by atoms with Gasteiger partial charge >= 0.3 is 0 Å². The van der Waals surface area contributed by atoms with Gasteiger partial charge in [0.2, 0.25) is 5.89 Å². The number of hydrogen-bond acceptors (Lipinski definition) is 4. The molecule has 0 aliphatic rings. The zero-order valence-electron chi connectivity index (χ0n) is 8.51. The van der Waals surface area contributed by atoms with E-state index in [1.165, 1.54) is 18.2 Å². The average Bonchev–Trinajstić information content (AvgIpc) is 2.64. The van der Waals surface area contributed by atoms with Crippen LogP contribution in [0.15, 0.2) is 33.7 Å². The molecule has 1 aromatic carbocycles. The molecule has 1 heterocycles. The quantitative estimate of drug-likeness (QED) is 0.821. The lowest BCUT2D eigenvalue weighted by atomic mass is 10.4. The lowest BCUT2D eigenvalue weighted by molar-refractivity contribution is 0.389. The first-order valence-corrected chi connectivity index (χ1v) is 5.90. The molecule has 84 valence electrons. The fourth-order valence-electron chi connectivity index (χ4n) is 1.21. The summed E-state index contributed by atoms with van der Waals surface area (Å²) in [7, 11) is -1.36. The minimum atomic E-state index is -1.36. The molecule has 0 N–H and O–H groups in total. The first kappa shape index (κ1) is 10.9. The predicted octanol–water partition coefficient (Wildman–Crippen LogP) is 1.82. The minimum Gasteiger partial charge on any atom is -0.340 e. The summed E-state index contributed by atoms with van der Waals surface area (Å²) in [6.45, 7) is 1.65. The smallest absolute Gasteiger partial charge is 0.223 e. The largest absolute Gasteiger partial charge is 0.340 e. The second kappa shape index (κ2) is 4.52. The monoisotopic (exact) mass is 240 g/mol. The summed E-state index contributed by atoms with van der Waals surface area (Å²) in [5.74, 6) is 0.502. The molecule has 0 fully saturated rings. The normalized spacial score (nSPS) is 12.6. The van der Waals surface area contributed by atoms with E-state index < -0.39 is 16.6 Å². The van der Waals surface area contributed by atoms with Crippen LogP contribution in [0.3, 0.4) is 0 Å². The van der Waals surface area contributed by atoms with Crippen molar-refractivity contribution in [3.05, 3.63) is 41.8 Å². The number of benzene rings is 1. The van der Waals surface area contributed by atoms with Gasteiger partial charge in [0.15, 0.2) is 5.82 Å². The van der Waals surface area contributed by atoms with Gasteiger partial charge in [-0.2, -0.15) is 4.98 Å². The number of aromatic nitrogens is 2. The van der Waals surface area contributed by atoms with Crippen LogP contribution in [-0.2, 0) is 16.6 Å². The molecule has 0 aliphatic heterocycles. The maximum Gasteiger partial charge on any atom is 0.223 e. The molecule has 0 amide bonds. The topological polar surface area (TPSA) is 56.0 Å². The van der Waals surface area contributed by atoms with Gasteiger partial charge in [0, 0.05) is 11.8 Å². The van der Waals surface area contributed by atoms with Crippen LogP contribution in [0.2, 0.25) is 0 Å². The molecule has 16 heavy (non-hydrogen) atoms. The summed E-state index contributed by atoms with van der Waals surface area (Å²) >= 11 is 0. The molecular weight excluding hydrogens is 231 g/mol. The predicted molar refractivity (Wildman–Crippen MR) is 55.5 cm³/mol. The number of aryl methyl sites for hydroxylation is 1. The highest BCUT2D eigenvalue weighted by atomic mass is 32.2. The van der Waals surface area contributed by atoms with Crippen molar-refractivity contribution in [3.8, 4) is 0 Å². The molecule has 4 nitrogen and oxygen atoms in total. The van der Waals surface area contributed by atoms with Crippen molar-refractivity contribution < 1.29 is 13.1 Å². The van der Waals surface area contributed by atoms with E-state index in [2.05, 4.69) is 10.1 Å². The molecule has 2 rings (SSSR count). The molecule has 0 saturated carbocycles. The Bertz CT molecular complexity index is 527. The molecular formula is C10H9FN2O2S.